The minimum absolute atomic E-state index is 0.282. The van der Waals surface area contributed by atoms with Crippen molar-refractivity contribution in [3.8, 4) is 11.6 Å². The summed E-state index contributed by atoms with van der Waals surface area (Å²) in [6, 6.07) is 19.0. The summed E-state index contributed by atoms with van der Waals surface area (Å²) >= 11 is 1.86. The first-order valence-corrected chi connectivity index (χ1v) is 11.0. The number of hydrogen-bond donors (Lipinski definition) is 0. The van der Waals surface area contributed by atoms with Crippen molar-refractivity contribution in [2.24, 2.45) is 5.92 Å². The largest absolute Gasteiger partial charge is 0.477 e. The molecule has 4 heterocycles. The molecular weight excluding hydrogens is 378 g/mol. The average Bonchev–Trinajstić information content (AvgIpc) is 3.10. The first-order chi connectivity index (χ1) is 14.2. The standard InChI is InChI=1S/C24H21N3OS/c1-14-7-6-8-16-11-19-21-17(13-29-23(19)25-22(14)16)12-28-24-20(21)15(2)26-27(24)18-9-4-3-5-10-18/h3-11,17,21H,12-13H2,1-2H3. The quantitative estimate of drug-likeness (QED) is 0.436. The fourth-order valence-electron chi connectivity index (χ4n) is 4.70. The molecule has 4 aromatic rings. The van der Waals surface area contributed by atoms with E-state index in [1.54, 1.807) is 0 Å². The van der Waals surface area contributed by atoms with E-state index in [9.17, 15) is 0 Å². The van der Waals surface area contributed by atoms with Crippen LogP contribution in [0.4, 0.5) is 0 Å². The molecule has 2 atom stereocenters. The molecule has 0 saturated heterocycles. The Kier molecular flexibility index (Phi) is 3.75. The van der Waals surface area contributed by atoms with Crippen molar-refractivity contribution >= 4 is 22.7 Å². The zero-order valence-corrected chi connectivity index (χ0v) is 17.2. The zero-order valence-electron chi connectivity index (χ0n) is 16.4. The topological polar surface area (TPSA) is 39.9 Å². The maximum absolute atomic E-state index is 6.29. The molecule has 0 fully saturated rings. The van der Waals surface area contributed by atoms with Gasteiger partial charge in [-0.3, -0.25) is 0 Å². The molecule has 29 heavy (non-hydrogen) atoms. The summed E-state index contributed by atoms with van der Waals surface area (Å²) in [7, 11) is 0. The number of hydrogen-bond acceptors (Lipinski definition) is 4. The van der Waals surface area contributed by atoms with E-state index in [4.69, 9.17) is 14.8 Å². The molecule has 4 nitrogen and oxygen atoms in total. The van der Waals surface area contributed by atoms with Crippen molar-refractivity contribution in [1.29, 1.82) is 0 Å². The van der Waals surface area contributed by atoms with E-state index in [0.717, 1.165) is 33.6 Å². The Hall–Kier alpha value is -2.79. The Labute approximate surface area is 173 Å². The maximum atomic E-state index is 6.29. The number of thioether (sulfide) groups is 1. The van der Waals surface area contributed by atoms with E-state index < -0.39 is 0 Å². The summed E-state index contributed by atoms with van der Waals surface area (Å²) in [4.78, 5) is 5.07. The van der Waals surface area contributed by atoms with Crippen LogP contribution >= 0.6 is 11.8 Å². The fourth-order valence-corrected chi connectivity index (χ4v) is 5.87. The molecule has 2 aromatic heterocycles. The first-order valence-electron chi connectivity index (χ1n) is 10.0. The van der Waals surface area contributed by atoms with Gasteiger partial charge in [-0.1, -0.05) is 36.4 Å². The van der Waals surface area contributed by atoms with Gasteiger partial charge in [0.05, 0.1) is 23.5 Å². The lowest BCUT2D eigenvalue weighted by Crippen LogP contribution is -2.32. The molecule has 0 N–H and O–H groups in total. The minimum Gasteiger partial charge on any atom is -0.477 e. The van der Waals surface area contributed by atoms with Gasteiger partial charge in [0.2, 0.25) is 5.88 Å². The van der Waals surface area contributed by atoms with Crippen LogP contribution in [-0.4, -0.2) is 27.1 Å². The number of aromatic nitrogens is 3. The normalized spacial score (nSPS) is 19.9. The van der Waals surface area contributed by atoms with Crippen molar-refractivity contribution in [3.05, 3.63) is 77.0 Å². The van der Waals surface area contributed by atoms with E-state index in [0.29, 0.717) is 12.5 Å². The van der Waals surface area contributed by atoms with Crippen LogP contribution < -0.4 is 4.74 Å². The van der Waals surface area contributed by atoms with Gasteiger partial charge in [-0.05, 0) is 43.2 Å². The van der Waals surface area contributed by atoms with Gasteiger partial charge >= 0.3 is 0 Å². The van der Waals surface area contributed by atoms with Crippen LogP contribution in [0.3, 0.4) is 0 Å². The zero-order chi connectivity index (χ0) is 19.5. The molecule has 2 aromatic carbocycles. The Bertz CT molecular complexity index is 1250. The monoisotopic (exact) mass is 399 g/mol. The predicted molar refractivity (Wildman–Crippen MR) is 116 cm³/mol. The van der Waals surface area contributed by atoms with Gasteiger partial charge in [0, 0.05) is 28.5 Å². The Morgan fingerprint density at radius 1 is 1.07 bits per heavy atom. The number of ether oxygens (including phenoxy) is 1. The highest BCUT2D eigenvalue weighted by molar-refractivity contribution is 7.99. The third kappa shape index (κ3) is 2.53. The molecule has 6 rings (SSSR count). The lowest BCUT2D eigenvalue weighted by atomic mass is 9.80. The molecule has 0 radical (unpaired) electrons. The second kappa shape index (κ2) is 6.36. The summed E-state index contributed by atoms with van der Waals surface area (Å²) in [6.45, 7) is 4.95. The minimum atomic E-state index is 0.282. The molecule has 2 aliphatic rings. The van der Waals surface area contributed by atoms with Crippen molar-refractivity contribution in [1.82, 2.24) is 14.8 Å². The van der Waals surface area contributed by atoms with E-state index >= 15 is 0 Å². The average molecular weight is 400 g/mol. The molecule has 0 saturated carbocycles. The van der Waals surface area contributed by atoms with Gasteiger partial charge in [0.15, 0.2) is 0 Å². The first kappa shape index (κ1) is 17.1. The number of para-hydroxylation sites is 2. The van der Waals surface area contributed by atoms with Crippen molar-refractivity contribution < 1.29 is 4.74 Å². The molecule has 5 heteroatoms. The summed E-state index contributed by atoms with van der Waals surface area (Å²) in [5, 5.41) is 7.24. The van der Waals surface area contributed by atoms with Crippen molar-refractivity contribution in [2.45, 2.75) is 24.8 Å². The molecule has 0 aliphatic carbocycles. The second-order valence-corrected chi connectivity index (χ2v) is 8.95. The van der Waals surface area contributed by atoms with Crippen LogP contribution in [0.2, 0.25) is 0 Å². The number of rotatable bonds is 1. The summed E-state index contributed by atoms with van der Waals surface area (Å²) in [5.74, 6) is 2.63. The van der Waals surface area contributed by atoms with Crippen LogP contribution in [0.25, 0.3) is 16.6 Å². The van der Waals surface area contributed by atoms with Gasteiger partial charge in [0.1, 0.15) is 5.03 Å². The molecule has 2 unspecified atom stereocenters. The van der Waals surface area contributed by atoms with Crippen LogP contribution in [0.1, 0.15) is 28.3 Å². The van der Waals surface area contributed by atoms with Gasteiger partial charge in [-0.2, -0.15) is 5.10 Å². The van der Waals surface area contributed by atoms with E-state index in [1.807, 2.05) is 34.6 Å². The van der Waals surface area contributed by atoms with Gasteiger partial charge in [-0.15, -0.1) is 11.8 Å². The third-order valence-electron chi connectivity index (χ3n) is 6.09. The van der Waals surface area contributed by atoms with E-state index in [2.05, 4.69) is 50.2 Å². The Balaban J connectivity index is 1.57. The summed E-state index contributed by atoms with van der Waals surface area (Å²) in [6.07, 6.45) is 0. The summed E-state index contributed by atoms with van der Waals surface area (Å²) < 4.78 is 8.25. The van der Waals surface area contributed by atoms with Crippen LogP contribution in [-0.2, 0) is 0 Å². The smallest absolute Gasteiger partial charge is 0.220 e. The number of pyridine rings is 1. The highest BCUT2D eigenvalue weighted by Crippen LogP contribution is 2.51. The molecule has 2 aliphatic heterocycles. The summed E-state index contributed by atoms with van der Waals surface area (Å²) in [5.41, 5.74) is 6.97. The van der Waals surface area contributed by atoms with Gasteiger partial charge in [-0.25, -0.2) is 9.67 Å². The van der Waals surface area contributed by atoms with Crippen molar-refractivity contribution in [3.63, 3.8) is 0 Å². The number of aryl methyl sites for hydroxylation is 2. The molecule has 0 spiro atoms. The number of fused-ring (bicyclic) bond motifs is 6. The fraction of sp³-hybridized carbons (Fsp3) is 0.250. The third-order valence-corrected chi connectivity index (χ3v) is 7.28. The number of nitrogens with zero attached hydrogens (tertiary/aromatic N) is 3. The Morgan fingerprint density at radius 3 is 2.79 bits per heavy atom. The predicted octanol–water partition coefficient (Wildman–Crippen LogP) is 5.28. The Morgan fingerprint density at radius 2 is 1.93 bits per heavy atom. The molecule has 0 amide bonds. The van der Waals surface area contributed by atoms with Crippen LogP contribution in [0.15, 0.2) is 59.6 Å². The maximum Gasteiger partial charge on any atom is 0.220 e. The highest BCUT2D eigenvalue weighted by Gasteiger charge is 2.41. The SMILES string of the molecule is Cc1nn(-c2ccccc2)c2c1C1c3cc4cccc(C)c4nc3SCC1CO2. The van der Waals surface area contributed by atoms with Gasteiger partial charge < -0.3 is 4.74 Å². The second-order valence-electron chi connectivity index (χ2n) is 7.94. The lowest BCUT2D eigenvalue weighted by molar-refractivity contribution is 0.205. The van der Waals surface area contributed by atoms with E-state index in [1.165, 1.54) is 22.1 Å². The van der Waals surface area contributed by atoms with E-state index in [-0.39, 0.29) is 5.92 Å². The van der Waals surface area contributed by atoms with Crippen LogP contribution in [0, 0.1) is 19.8 Å². The molecule has 0 bridgehead atoms. The highest BCUT2D eigenvalue weighted by atomic mass is 32.2. The molecular formula is C24H21N3OS. The van der Waals surface area contributed by atoms with Gasteiger partial charge in [0.25, 0.3) is 0 Å². The van der Waals surface area contributed by atoms with Crippen LogP contribution in [0.5, 0.6) is 5.88 Å². The van der Waals surface area contributed by atoms with Crippen molar-refractivity contribution in [2.75, 3.05) is 12.4 Å². The lowest BCUT2D eigenvalue weighted by Gasteiger charge is -2.36. The molecule has 144 valence electrons. The number of benzene rings is 2.